The highest BCUT2D eigenvalue weighted by molar-refractivity contribution is 5.98. The van der Waals surface area contributed by atoms with Crippen molar-refractivity contribution in [1.82, 2.24) is 5.32 Å². The third-order valence-corrected chi connectivity index (χ3v) is 2.87. The number of likely N-dealkylation sites (N-methyl/N-ethyl adjacent to an activating group) is 1. The van der Waals surface area contributed by atoms with E-state index in [4.69, 9.17) is 4.74 Å². The van der Waals surface area contributed by atoms with Crippen molar-refractivity contribution in [3.05, 3.63) is 29.3 Å². The van der Waals surface area contributed by atoms with Crippen molar-refractivity contribution < 1.29 is 9.53 Å². The zero-order chi connectivity index (χ0) is 13.8. The smallest absolute Gasteiger partial charge is 0.176 e. The van der Waals surface area contributed by atoms with E-state index in [1.54, 1.807) is 7.11 Å². The molecule has 100 valence electrons. The summed E-state index contributed by atoms with van der Waals surface area (Å²) in [6.07, 6.45) is 0. The molecule has 0 amide bonds. The summed E-state index contributed by atoms with van der Waals surface area (Å²) in [6, 6.07) is 5.64. The predicted molar refractivity (Wildman–Crippen MR) is 74.6 cm³/mol. The minimum absolute atomic E-state index is 0.0418. The van der Waals surface area contributed by atoms with Crippen LogP contribution in [0.5, 0.6) is 5.75 Å². The number of carbonyl (C=O) groups is 1. The molecule has 1 rings (SSSR count). The first-order valence-electron chi connectivity index (χ1n) is 6.32. The fourth-order valence-electron chi connectivity index (χ4n) is 1.81. The van der Waals surface area contributed by atoms with Crippen molar-refractivity contribution >= 4 is 5.78 Å². The number of hydrogen-bond donors (Lipinski definition) is 1. The van der Waals surface area contributed by atoms with Gasteiger partial charge in [-0.1, -0.05) is 27.7 Å². The van der Waals surface area contributed by atoms with Gasteiger partial charge in [0.25, 0.3) is 0 Å². The summed E-state index contributed by atoms with van der Waals surface area (Å²) in [5.41, 5.74) is 1.76. The van der Waals surface area contributed by atoms with E-state index < -0.39 is 0 Å². The van der Waals surface area contributed by atoms with Crippen LogP contribution in [0.15, 0.2) is 18.2 Å². The molecule has 0 bridgehead atoms. The lowest BCUT2D eigenvalue weighted by Gasteiger charge is -2.22. The number of nitrogens with one attached hydrogen (secondary N) is 1. The number of carbonyl (C=O) groups excluding carboxylic acids is 1. The van der Waals surface area contributed by atoms with E-state index in [1.807, 2.05) is 25.1 Å². The van der Waals surface area contributed by atoms with Crippen LogP contribution < -0.4 is 10.1 Å². The third-order valence-electron chi connectivity index (χ3n) is 2.87. The maximum absolute atomic E-state index is 12.0. The molecule has 3 heteroatoms. The van der Waals surface area contributed by atoms with Gasteiger partial charge < -0.3 is 10.1 Å². The van der Waals surface area contributed by atoms with E-state index in [2.05, 4.69) is 26.1 Å². The largest absolute Gasteiger partial charge is 0.496 e. The number of hydrogen-bond acceptors (Lipinski definition) is 3. The Bertz CT molecular complexity index is 419. The number of benzene rings is 1. The Kier molecular flexibility index (Phi) is 4.91. The van der Waals surface area contributed by atoms with Gasteiger partial charge in [-0.2, -0.15) is 0 Å². The predicted octanol–water partition coefficient (Wildman–Crippen LogP) is 2.78. The van der Waals surface area contributed by atoms with Crippen LogP contribution in [0.3, 0.4) is 0 Å². The summed E-state index contributed by atoms with van der Waals surface area (Å²) >= 11 is 0. The quantitative estimate of drug-likeness (QED) is 0.815. The maximum atomic E-state index is 12.0. The average Bonchev–Trinajstić information content (AvgIpc) is 2.34. The van der Waals surface area contributed by atoms with Crippen LogP contribution in [-0.4, -0.2) is 26.0 Å². The fourth-order valence-corrected chi connectivity index (χ4v) is 1.81. The Labute approximate surface area is 110 Å². The Hall–Kier alpha value is -1.35. The normalized spacial score (nSPS) is 11.4. The highest BCUT2D eigenvalue weighted by atomic mass is 16.5. The first kappa shape index (κ1) is 14.7. The zero-order valence-electron chi connectivity index (χ0n) is 12.0. The van der Waals surface area contributed by atoms with E-state index in [0.29, 0.717) is 6.54 Å². The van der Waals surface area contributed by atoms with Crippen LogP contribution in [-0.2, 0) is 5.41 Å². The van der Waals surface area contributed by atoms with Gasteiger partial charge in [0, 0.05) is 11.1 Å². The van der Waals surface area contributed by atoms with E-state index in [1.165, 1.54) is 0 Å². The van der Waals surface area contributed by atoms with Crippen LogP contribution in [0.25, 0.3) is 0 Å². The van der Waals surface area contributed by atoms with Crippen LogP contribution >= 0.6 is 0 Å². The molecule has 0 aliphatic carbocycles. The van der Waals surface area contributed by atoms with Crippen molar-refractivity contribution in [2.24, 2.45) is 0 Å². The van der Waals surface area contributed by atoms with Gasteiger partial charge in [-0.05, 0) is 30.2 Å². The number of ether oxygens (including phenoxy) is 1. The van der Waals surface area contributed by atoms with Crippen LogP contribution in [0, 0.1) is 0 Å². The number of ketones is 1. The summed E-state index contributed by atoms with van der Waals surface area (Å²) in [4.78, 5) is 12.0. The monoisotopic (exact) mass is 249 g/mol. The van der Waals surface area contributed by atoms with Crippen molar-refractivity contribution in [1.29, 1.82) is 0 Å². The molecule has 0 saturated carbocycles. The number of methoxy groups -OCH3 is 1. The van der Waals surface area contributed by atoms with E-state index in [0.717, 1.165) is 23.4 Å². The minimum Gasteiger partial charge on any atom is -0.496 e. The Morgan fingerprint density at radius 2 is 2.00 bits per heavy atom. The van der Waals surface area contributed by atoms with Crippen molar-refractivity contribution in [2.45, 2.75) is 33.1 Å². The molecular formula is C15H23NO2. The van der Waals surface area contributed by atoms with Gasteiger partial charge in [0.05, 0.1) is 13.7 Å². The Morgan fingerprint density at radius 1 is 1.33 bits per heavy atom. The second-order valence-electron chi connectivity index (χ2n) is 5.37. The van der Waals surface area contributed by atoms with Crippen molar-refractivity contribution in [2.75, 3.05) is 20.2 Å². The minimum atomic E-state index is -0.0418. The first-order chi connectivity index (χ1) is 8.40. The molecule has 1 aromatic carbocycles. The summed E-state index contributed by atoms with van der Waals surface area (Å²) in [6.45, 7) is 9.51. The molecule has 0 heterocycles. The van der Waals surface area contributed by atoms with Crippen LogP contribution in [0.1, 0.15) is 43.6 Å². The molecule has 0 saturated heterocycles. The molecule has 0 aliphatic heterocycles. The average molecular weight is 249 g/mol. The van der Waals surface area contributed by atoms with E-state index in [-0.39, 0.29) is 11.2 Å². The standard InChI is InChI=1S/C15H23NO2/c1-6-16-10-13(17)11-7-8-14(18-5)12(9-11)15(2,3)4/h7-9,16H,6,10H2,1-5H3. The van der Waals surface area contributed by atoms with Gasteiger partial charge in [0.2, 0.25) is 0 Å². The Balaban J connectivity index is 3.07. The highest BCUT2D eigenvalue weighted by Crippen LogP contribution is 2.32. The molecular weight excluding hydrogens is 226 g/mol. The third kappa shape index (κ3) is 3.57. The number of Topliss-reactive ketones (excluding diaryl/α,β-unsaturated/α-hetero) is 1. The molecule has 0 atom stereocenters. The SMILES string of the molecule is CCNCC(=O)c1ccc(OC)c(C(C)(C)C)c1. The highest BCUT2D eigenvalue weighted by Gasteiger charge is 2.20. The van der Waals surface area contributed by atoms with Crippen LogP contribution in [0.4, 0.5) is 0 Å². The molecule has 1 aromatic rings. The fraction of sp³-hybridized carbons (Fsp3) is 0.533. The second kappa shape index (κ2) is 6.01. The summed E-state index contributed by atoms with van der Waals surface area (Å²) < 4.78 is 5.36. The molecule has 18 heavy (non-hydrogen) atoms. The molecule has 0 radical (unpaired) electrons. The van der Waals surface area contributed by atoms with Gasteiger partial charge in [-0.3, -0.25) is 4.79 Å². The lowest BCUT2D eigenvalue weighted by Crippen LogP contribution is -2.23. The molecule has 1 N–H and O–H groups in total. The summed E-state index contributed by atoms with van der Waals surface area (Å²) in [7, 11) is 1.66. The van der Waals surface area contributed by atoms with E-state index in [9.17, 15) is 4.79 Å². The molecule has 0 unspecified atom stereocenters. The van der Waals surface area contributed by atoms with Gasteiger partial charge in [-0.15, -0.1) is 0 Å². The first-order valence-corrected chi connectivity index (χ1v) is 6.32. The molecule has 3 nitrogen and oxygen atoms in total. The summed E-state index contributed by atoms with van der Waals surface area (Å²) in [5.74, 6) is 0.951. The Morgan fingerprint density at radius 3 is 2.50 bits per heavy atom. The van der Waals surface area contributed by atoms with Gasteiger partial charge in [0.15, 0.2) is 5.78 Å². The van der Waals surface area contributed by atoms with Crippen molar-refractivity contribution in [3.8, 4) is 5.75 Å². The van der Waals surface area contributed by atoms with E-state index >= 15 is 0 Å². The second-order valence-corrected chi connectivity index (χ2v) is 5.37. The maximum Gasteiger partial charge on any atom is 0.176 e. The molecule has 0 spiro atoms. The number of rotatable bonds is 5. The summed E-state index contributed by atoms with van der Waals surface area (Å²) in [5, 5.41) is 3.05. The lowest BCUT2D eigenvalue weighted by molar-refractivity contribution is 0.0991. The molecule has 0 aromatic heterocycles. The van der Waals surface area contributed by atoms with Gasteiger partial charge >= 0.3 is 0 Å². The molecule has 0 fully saturated rings. The topological polar surface area (TPSA) is 38.3 Å². The molecule has 0 aliphatic rings. The zero-order valence-corrected chi connectivity index (χ0v) is 12.0. The van der Waals surface area contributed by atoms with Crippen molar-refractivity contribution in [3.63, 3.8) is 0 Å². The van der Waals surface area contributed by atoms with Crippen LogP contribution in [0.2, 0.25) is 0 Å². The van der Waals surface area contributed by atoms with Gasteiger partial charge in [-0.25, -0.2) is 0 Å². The van der Waals surface area contributed by atoms with Gasteiger partial charge in [0.1, 0.15) is 5.75 Å². The lowest BCUT2D eigenvalue weighted by atomic mass is 9.85.